The van der Waals surface area contributed by atoms with Crippen LogP contribution in [0.2, 0.25) is 5.02 Å². The number of rotatable bonds is 2. The standard InChI is InChI=1S/C9H9ClFN/c10-9-3-1-7(2-4-9)8(5-11)6-12/h1-5H,6,12H2/b8-5-. The molecule has 0 bridgehead atoms. The van der Waals surface area contributed by atoms with Crippen LogP contribution in [0.1, 0.15) is 5.56 Å². The summed E-state index contributed by atoms with van der Waals surface area (Å²) < 4.78 is 12.2. The highest BCUT2D eigenvalue weighted by molar-refractivity contribution is 6.30. The van der Waals surface area contributed by atoms with Gasteiger partial charge in [-0.2, -0.15) is 0 Å². The highest BCUT2D eigenvalue weighted by atomic mass is 35.5. The van der Waals surface area contributed by atoms with Gasteiger partial charge in [-0.05, 0) is 17.7 Å². The van der Waals surface area contributed by atoms with Crippen molar-refractivity contribution in [3.8, 4) is 0 Å². The average molecular weight is 186 g/mol. The molecule has 0 amide bonds. The van der Waals surface area contributed by atoms with Crippen molar-refractivity contribution in [3.63, 3.8) is 0 Å². The highest BCUT2D eigenvalue weighted by Gasteiger charge is 1.98. The van der Waals surface area contributed by atoms with Gasteiger partial charge in [0.2, 0.25) is 0 Å². The van der Waals surface area contributed by atoms with E-state index in [1.54, 1.807) is 24.3 Å². The molecule has 0 saturated heterocycles. The van der Waals surface area contributed by atoms with E-state index in [2.05, 4.69) is 0 Å². The lowest BCUT2D eigenvalue weighted by Crippen LogP contribution is -2.01. The number of halogens is 2. The summed E-state index contributed by atoms with van der Waals surface area (Å²) >= 11 is 5.66. The molecule has 0 fully saturated rings. The first-order valence-electron chi connectivity index (χ1n) is 3.53. The van der Waals surface area contributed by atoms with Crippen molar-refractivity contribution in [3.05, 3.63) is 41.2 Å². The second-order valence-electron chi connectivity index (χ2n) is 2.35. The predicted octanol–water partition coefficient (Wildman–Crippen LogP) is 2.61. The Morgan fingerprint density at radius 2 is 2.00 bits per heavy atom. The molecule has 12 heavy (non-hydrogen) atoms. The van der Waals surface area contributed by atoms with E-state index in [0.717, 1.165) is 5.56 Å². The van der Waals surface area contributed by atoms with Gasteiger partial charge in [-0.1, -0.05) is 23.7 Å². The molecule has 1 nitrogen and oxygen atoms in total. The summed E-state index contributed by atoms with van der Waals surface area (Å²) in [4.78, 5) is 0. The third-order valence-electron chi connectivity index (χ3n) is 1.57. The summed E-state index contributed by atoms with van der Waals surface area (Å²) in [5.41, 5.74) is 6.56. The smallest absolute Gasteiger partial charge is 0.0917 e. The van der Waals surface area contributed by atoms with Crippen molar-refractivity contribution in [1.82, 2.24) is 0 Å². The maximum Gasteiger partial charge on any atom is 0.0917 e. The first kappa shape index (κ1) is 9.23. The molecular formula is C9H9ClFN. The Kier molecular flexibility index (Phi) is 3.26. The van der Waals surface area contributed by atoms with Gasteiger partial charge in [-0.15, -0.1) is 0 Å². The molecule has 0 unspecified atom stereocenters. The SMILES string of the molecule is NC/C(=C/F)c1ccc(Cl)cc1. The molecule has 0 aliphatic rings. The van der Waals surface area contributed by atoms with Crippen LogP contribution >= 0.6 is 11.6 Å². The maximum absolute atomic E-state index is 12.2. The number of benzene rings is 1. The van der Waals surface area contributed by atoms with E-state index in [1.165, 1.54) is 0 Å². The van der Waals surface area contributed by atoms with Gasteiger partial charge in [-0.25, -0.2) is 4.39 Å². The second kappa shape index (κ2) is 4.24. The number of nitrogens with two attached hydrogens (primary N) is 1. The quantitative estimate of drug-likeness (QED) is 0.753. The van der Waals surface area contributed by atoms with Crippen molar-refractivity contribution in [1.29, 1.82) is 0 Å². The van der Waals surface area contributed by atoms with Crippen LogP contribution < -0.4 is 5.73 Å². The maximum atomic E-state index is 12.2. The minimum Gasteiger partial charge on any atom is -0.326 e. The fraction of sp³-hybridized carbons (Fsp3) is 0.111. The van der Waals surface area contributed by atoms with Crippen molar-refractivity contribution in [2.45, 2.75) is 0 Å². The molecule has 0 atom stereocenters. The third kappa shape index (κ3) is 2.06. The first-order chi connectivity index (χ1) is 5.77. The molecule has 64 valence electrons. The van der Waals surface area contributed by atoms with Crippen LogP contribution in [-0.2, 0) is 0 Å². The topological polar surface area (TPSA) is 26.0 Å². The molecule has 1 aromatic rings. The monoisotopic (exact) mass is 185 g/mol. The van der Waals surface area contributed by atoms with Gasteiger partial charge in [0.25, 0.3) is 0 Å². The lowest BCUT2D eigenvalue weighted by atomic mass is 10.1. The number of hydrogen-bond acceptors (Lipinski definition) is 1. The molecule has 0 heterocycles. The van der Waals surface area contributed by atoms with Crippen LogP contribution in [0.3, 0.4) is 0 Å². The molecule has 0 aromatic heterocycles. The highest BCUT2D eigenvalue weighted by Crippen LogP contribution is 2.16. The van der Waals surface area contributed by atoms with E-state index in [1.807, 2.05) is 0 Å². The van der Waals surface area contributed by atoms with Crippen molar-refractivity contribution >= 4 is 17.2 Å². The normalized spacial score (nSPS) is 11.8. The average Bonchev–Trinajstić information content (AvgIpc) is 2.10. The molecule has 0 aliphatic carbocycles. The molecular weight excluding hydrogens is 177 g/mol. The van der Waals surface area contributed by atoms with E-state index in [0.29, 0.717) is 16.9 Å². The number of hydrogen-bond donors (Lipinski definition) is 1. The van der Waals surface area contributed by atoms with Crippen LogP contribution in [-0.4, -0.2) is 6.54 Å². The van der Waals surface area contributed by atoms with Crippen molar-refractivity contribution < 1.29 is 4.39 Å². The minimum atomic E-state index is 0.193. The zero-order chi connectivity index (χ0) is 8.97. The molecule has 1 aromatic carbocycles. The largest absolute Gasteiger partial charge is 0.326 e. The fourth-order valence-electron chi connectivity index (χ4n) is 0.889. The van der Waals surface area contributed by atoms with E-state index in [4.69, 9.17) is 17.3 Å². The summed E-state index contributed by atoms with van der Waals surface area (Å²) in [5, 5.41) is 0.633. The Bertz CT molecular complexity index is 279. The summed E-state index contributed by atoms with van der Waals surface area (Å²) in [6.45, 7) is 0.193. The minimum absolute atomic E-state index is 0.193. The molecule has 0 spiro atoms. The zero-order valence-corrected chi connectivity index (χ0v) is 7.18. The van der Waals surface area contributed by atoms with E-state index in [9.17, 15) is 4.39 Å². The summed E-state index contributed by atoms with van der Waals surface area (Å²) in [7, 11) is 0. The molecule has 1 rings (SSSR count). The lowest BCUT2D eigenvalue weighted by molar-refractivity contribution is 0.721. The van der Waals surface area contributed by atoms with Gasteiger partial charge in [0.05, 0.1) is 6.33 Å². The van der Waals surface area contributed by atoms with Gasteiger partial charge in [0.1, 0.15) is 0 Å². The molecule has 0 aliphatic heterocycles. The molecule has 0 saturated carbocycles. The van der Waals surface area contributed by atoms with Crippen LogP contribution in [0.5, 0.6) is 0 Å². The van der Waals surface area contributed by atoms with Crippen LogP contribution in [0.4, 0.5) is 4.39 Å². The Morgan fingerprint density at radius 3 is 2.42 bits per heavy atom. The van der Waals surface area contributed by atoms with Gasteiger partial charge in [0.15, 0.2) is 0 Å². The van der Waals surface area contributed by atoms with E-state index < -0.39 is 0 Å². The lowest BCUT2D eigenvalue weighted by Gasteiger charge is -2.01. The van der Waals surface area contributed by atoms with Gasteiger partial charge >= 0.3 is 0 Å². The second-order valence-corrected chi connectivity index (χ2v) is 2.78. The van der Waals surface area contributed by atoms with Crippen LogP contribution in [0, 0.1) is 0 Å². The van der Waals surface area contributed by atoms with Crippen LogP contribution in [0.15, 0.2) is 30.6 Å². The van der Waals surface area contributed by atoms with Crippen molar-refractivity contribution in [2.75, 3.05) is 6.54 Å². The Morgan fingerprint density at radius 1 is 1.42 bits per heavy atom. The Labute approximate surface area is 75.6 Å². The van der Waals surface area contributed by atoms with Crippen molar-refractivity contribution in [2.24, 2.45) is 5.73 Å². The fourth-order valence-corrected chi connectivity index (χ4v) is 1.02. The summed E-state index contributed by atoms with van der Waals surface area (Å²) in [6, 6.07) is 6.88. The summed E-state index contributed by atoms with van der Waals surface area (Å²) in [5.74, 6) is 0. The van der Waals surface area contributed by atoms with E-state index in [-0.39, 0.29) is 6.54 Å². The third-order valence-corrected chi connectivity index (χ3v) is 1.82. The molecule has 0 radical (unpaired) electrons. The molecule has 3 heteroatoms. The zero-order valence-electron chi connectivity index (χ0n) is 6.43. The van der Waals surface area contributed by atoms with Gasteiger partial charge < -0.3 is 5.73 Å². The Balaban J connectivity index is 2.96. The first-order valence-corrected chi connectivity index (χ1v) is 3.91. The summed E-state index contributed by atoms with van der Waals surface area (Å²) in [6.07, 6.45) is 0.517. The van der Waals surface area contributed by atoms with E-state index >= 15 is 0 Å². The predicted molar refractivity (Wildman–Crippen MR) is 49.6 cm³/mol. The van der Waals surface area contributed by atoms with Crippen LogP contribution in [0.25, 0.3) is 5.57 Å². The van der Waals surface area contributed by atoms with Gasteiger partial charge in [-0.3, -0.25) is 0 Å². The Hall–Kier alpha value is -0.860. The van der Waals surface area contributed by atoms with Gasteiger partial charge in [0, 0.05) is 17.1 Å². The molecule has 2 N–H and O–H groups in total.